The summed E-state index contributed by atoms with van der Waals surface area (Å²) in [7, 11) is -3.65. The molecule has 0 aliphatic carbocycles. The molecule has 0 saturated heterocycles. The number of aliphatic hydroxyl groups is 1. The van der Waals surface area contributed by atoms with E-state index in [1.807, 2.05) is 6.92 Å². The Morgan fingerprint density at radius 1 is 1.20 bits per heavy atom. The van der Waals surface area contributed by atoms with E-state index in [1.165, 1.54) is 28.6 Å². The summed E-state index contributed by atoms with van der Waals surface area (Å²) in [6, 6.07) is 5.12. The van der Waals surface area contributed by atoms with E-state index in [0.29, 0.717) is 19.4 Å². The van der Waals surface area contributed by atoms with Gasteiger partial charge in [0.2, 0.25) is 10.0 Å². The molecule has 0 aromatic heterocycles. The molecule has 1 rings (SSSR count). The van der Waals surface area contributed by atoms with Crippen molar-refractivity contribution in [3.8, 4) is 0 Å². The zero-order chi connectivity index (χ0) is 15.2. The van der Waals surface area contributed by atoms with Crippen LogP contribution in [0, 0.1) is 0 Å². The van der Waals surface area contributed by atoms with Gasteiger partial charge in [0, 0.05) is 19.7 Å². The van der Waals surface area contributed by atoms with Crippen LogP contribution in [0.25, 0.3) is 0 Å². The lowest BCUT2D eigenvalue weighted by molar-refractivity contribution is 0.0696. The van der Waals surface area contributed by atoms with Gasteiger partial charge in [-0.2, -0.15) is 4.31 Å². The Morgan fingerprint density at radius 3 is 2.25 bits per heavy atom. The van der Waals surface area contributed by atoms with Crippen molar-refractivity contribution in [1.29, 1.82) is 0 Å². The molecule has 20 heavy (non-hydrogen) atoms. The van der Waals surface area contributed by atoms with Crippen LogP contribution in [0.1, 0.15) is 30.1 Å². The number of carbonyl (C=O) groups is 1. The number of hydrogen-bond acceptors (Lipinski definition) is 4. The fourth-order valence-electron chi connectivity index (χ4n) is 1.77. The molecule has 1 aromatic rings. The van der Waals surface area contributed by atoms with Crippen molar-refractivity contribution in [1.82, 2.24) is 4.31 Å². The van der Waals surface area contributed by atoms with Crippen molar-refractivity contribution in [3.05, 3.63) is 29.8 Å². The van der Waals surface area contributed by atoms with Gasteiger partial charge >= 0.3 is 5.97 Å². The minimum atomic E-state index is -3.65. The first-order valence-corrected chi connectivity index (χ1v) is 7.81. The lowest BCUT2D eigenvalue weighted by Crippen LogP contribution is -2.33. The Balaban J connectivity index is 3.02. The maximum absolute atomic E-state index is 12.4. The molecule has 0 unspecified atom stereocenters. The topological polar surface area (TPSA) is 94.9 Å². The molecule has 0 radical (unpaired) electrons. The molecule has 2 N–H and O–H groups in total. The zero-order valence-electron chi connectivity index (χ0n) is 11.3. The van der Waals surface area contributed by atoms with Crippen LogP contribution in [-0.2, 0) is 10.0 Å². The Labute approximate surface area is 118 Å². The highest BCUT2D eigenvalue weighted by Crippen LogP contribution is 2.17. The van der Waals surface area contributed by atoms with Gasteiger partial charge in [0.15, 0.2) is 0 Å². The second-order valence-corrected chi connectivity index (χ2v) is 6.25. The van der Waals surface area contributed by atoms with E-state index in [4.69, 9.17) is 10.2 Å². The van der Waals surface area contributed by atoms with Crippen molar-refractivity contribution in [3.63, 3.8) is 0 Å². The van der Waals surface area contributed by atoms with Gasteiger partial charge in [-0.1, -0.05) is 6.92 Å². The van der Waals surface area contributed by atoms with Crippen LogP contribution < -0.4 is 0 Å². The van der Waals surface area contributed by atoms with Gasteiger partial charge in [0.1, 0.15) is 0 Å². The van der Waals surface area contributed by atoms with Crippen LogP contribution in [0.5, 0.6) is 0 Å². The van der Waals surface area contributed by atoms with Crippen molar-refractivity contribution in [2.75, 3.05) is 19.7 Å². The number of hydrogen-bond donors (Lipinski definition) is 2. The third-order valence-electron chi connectivity index (χ3n) is 2.78. The maximum Gasteiger partial charge on any atom is 0.335 e. The predicted molar refractivity (Wildman–Crippen MR) is 74.2 cm³/mol. The van der Waals surface area contributed by atoms with Crippen LogP contribution in [-0.4, -0.2) is 48.6 Å². The van der Waals surface area contributed by atoms with E-state index in [1.54, 1.807) is 0 Å². The molecule has 1 aromatic carbocycles. The van der Waals surface area contributed by atoms with Crippen LogP contribution in [0.2, 0.25) is 0 Å². The second kappa shape index (κ2) is 7.37. The minimum Gasteiger partial charge on any atom is -0.478 e. The Hall–Kier alpha value is -1.44. The molecular weight excluding hydrogens is 282 g/mol. The zero-order valence-corrected chi connectivity index (χ0v) is 12.1. The molecule has 0 bridgehead atoms. The third kappa shape index (κ3) is 4.03. The minimum absolute atomic E-state index is 0.0429. The summed E-state index contributed by atoms with van der Waals surface area (Å²) in [6.07, 6.45) is 1.03. The van der Waals surface area contributed by atoms with Gasteiger partial charge in [-0.15, -0.1) is 0 Å². The van der Waals surface area contributed by atoms with E-state index >= 15 is 0 Å². The van der Waals surface area contributed by atoms with E-state index in [-0.39, 0.29) is 23.6 Å². The van der Waals surface area contributed by atoms with Crippen molar-refractivity contribution in [2.24, 2.45) is 0 Å². The summed E-state index contributed by atoms with van der Waals surface area (Å²) < 4.78 is 26.1. The average molecular weight is 301 g/mol. The Bertz CT molecular complexity index is 538. The molecule has 6 nitrogen and oxygen atoms in total. The van der Waals surface area contributed by atoms with E-state index in [0.717, 1.165) is 0 Å². The fraction of sp³-hybridized carbons (Fsp3) is 0.462. The Kier molecular flexibility index (Phi) is 6.12. The summed E-state index contributed by atoms with van der Waals surface area (Å²) in [5.74, 6) is -1.10. The summed E-state index contributed by atoms with van der Waals surface area (Å²) in [6.45, 7) is 2.40. The summed E-state index contributed by atoms with van der Waals surface area (Å²) in [5.41, 5.74) is 0.0429. The van der Waals surface area contributed by atoms with Gasteiger partial charge in [-0.3, -0.25) is 0 Å². The molecule has 112 valence electrons. The smallest absolute Gasteiger partial charge is 0.335 e. The standard InChI is InChI=1S/C13H19NO5S/c1-2-8-14(9-3-10-15)20(18,19)12-6-4-11(5-7-12)13(16)17/h4-7,15H,2-3,8-10H2,1H3,(H,16,17). The highest BCUT2D eigenvalue weighted by Gasteiger charge is 2.23. The van der Waals surface area contributed by atoms with Crippen molar-refractivity contribution < 1.29 is 23.4 Å². The number of rotatable bonds is 8. The van der Waals surface area contributed by atoms with Crippen molar-refractivity contribution in [2.45, 2.75) is 24.7 Å². The first kappa shape index (κ1) is 16.6. The molecule has 0 heterocycles. The predicted octanol–water partition coefficient (Wildman–Crippen LogP) is 1.17. The normalized spacial score (nSPS) is 11.8. The number of aliphatic hydroxyl groups excluding tert-OH is 1. The SMILES string of the molecule is CCCN(CCCO)S(=O)(=O)c1ccc(C(=O)O)cc1. The lowest BCUT2D eigenvalue weighted by Gasteiger charge is -2.21. The number of sulfonamides is 1. The first-order valence-electron chi connectivity index (χ1n) is 6.37. The molecule has 7 heteroatoms. The number of benzene rings is 1. The van der Waals surface area contributed by atoms with Crippen LogP contribution >= 0.6 is 0 Å². The van der Waals surface area contributed by atoms with Crippen molar-refractivity contribution >= 4 is 16.0 Å². The lowest BCUT2D eigenvalue weighted by atomic mass is 10.2. The summed E-state index contributed by atoms with van der Waals surface area (Å²) >= 11 is 0. The number of nitrogens with zero attached hydrogens (tertiary/aromatic N) is 1. The molecule has 0 fully saturated rings. The van der Waals surface area contributed by atoms with E-state index < -0.39 is 16.0 Å². The van der Waals surface area contributed by atoms with Gasteiger partial charge in [-0.05, 0) is 37.1 Å². The van der Waals surface area contributed by atoms with E-state index in [2.05, 4.69) is 0 Å². The van der Waals surface area contributed by atoms with Crippen LogP contribution in [0.15, 0.2) is 29.2 Å². The molecule has 0 aliphatic rings. The van der Waals surface area contributed by atoms with Gasteiger partial charge < -0.3 is 10.2 Å². The molecule has 0 amide bonds. The number of aromatic carboxylic acids is 1. The van der Waals surface area contributed by atoms with Gasteiger partial charge in [0.25, 0.3) is 0 Å². The van der Waals surface area contributed by atoms with Gasteiger partial charge in [0.05, 0.1) is 10.5 Å². The quantitative estimate of drug-likeness (QED) is 0.751. The summed E-state index contributed by atoms with van der Waals surface area (Å²) in [4.78, 5) is 10.8. The van der Waals surface area contributed by atoms with Gasteiger partial charge in [-0.25, -0.2) is 13.2 Å². The van der Waals surface area contributed by atoms with Crippen LogP contribution in [0.3, 0.4) is 0 Å². The number of carboxylic acid groups (broad SMARTS) is 1. The highest BCUT2D eigenvalue weighted by molar-refractivity contribution is 7.89. The second-order valence-electron chi connectivity index (χ2n) is 4.31. The molecule has 0 aliphatic heterocycles. The average Bonchev–Trinajstić information content (AvgIpc) is 2.43. The maximum atomic E-state index is 12.4. The van der Waals surface area contributed by atoms with Crippen LogP contribution in [0.4, 0.5) is 0 Å². The number of carboxylic acids is 1. The highest BCUT2D eigenvalue weighted by atomic mass is 32.2. The first-order chi connectivity index (χ1) is 9.43. The molecule has 0 atom stereocenters. The fourth-order valence-corrected chi connectivity index (χ4v) is 3.34. The third-order valence-corrected chi connectivity index (χ3v) is 4.69. The molecular formula is C13H19NO5S. The van der Waals surface area contributed by atoms with E-state index in [9.17, 15) is 13.2 Å². The molecule has 0 saturated carbocycles. The largest absolute Gasteiger partial charge is 0.478 e. The monoisotopic (exact) mass is 301 g/mol. The molecule has 0 spiro atoms. The Morgan fingerprint density at radius 2 is 1.80 bits per heavy atom. The summed E-state index contributed by atoms with van der Waals surface area (Å²) in [5, 5.41) is 17.6.